The van der Waals surface area contributed by atoms with Crippen LogP contribution in [0.4, 0.5) is 0 Å². The topological polar surface area (TPSA) is 111 Å². The second kappa shape index (κ2) is 10.0. The molecule has 0 fully saturated rings. The minimum absolute atomic E-state index is 0.135. The van der Waals surface area contributed by atoms with Crippen LogP contribution >= 0.6 is 0 Å². The van der Waals surface area contributed by atoms with E-state index >= 15 is 0 Å². The van der Waals surface area contributed by atoms with Gasteiger partial charge in [-0.2, -0.15) is 0 Å². The van der Waals surface area contributed by atoms with Crippen LogP contribution in [0.25, 0.3) is 5.70 Å². The van der Waals surface area contributed by atoms with Gasteiger partial charge in [0.25, 0.3) is 0 Å². The zero-order chi connectivity index (χ0) is 24.1. The first kappa shape index (κ1) is 22.8. The third-order valence-corrected chi connectivity index (χ3v) is 5.58. The first-order valence-corrected chi connectivity index (χ1v) is 10.9. The maximum absolute atomic E-state index is 13.4. The lowest BCUT2D eigenvalue weighted by molar-refractivity contribution is 0.392. The van der Waals surface area contributed by atoms with Gasteiger partial charge in [0, 0.05) is 24.5 Å². The summed E-state index contributed by atoms with van der Waals surface area (Å²) in [6.45, 7) is 4.50. The number of aromatic nitrogens is 4. The van der Waals surface area contributed by atoms with Crippen LogP contribution in [-0.4, -0.2) is 25.3 Å². The quantitative estimate of drug-likeness (QED) is 0.375. The fourth-order valence-electron chi connectivity index (χ4n) is 3.74. The summed E-state index contributed by atoms with van der Waals surface area (Å²) in [5.41, 5.74) is 2.52. The molecule has 0 bridgehead atoms. The molecule has 0 spiro atoms. The molecular weight excluding hydrogens is 432 g/mol. The molecule has 4 aromatic rings. The Morgan fingerprint density at radius 3 is 1.91 bits per heavy atom. The molecular formula is C25H26N6O3. The molecule has 9 nitrogen and oxygen atoms in total. The fourth-order valence-corrected chi connectivity index (χ4v) is 3.74. The lowest BCUT2D eigenvalue weighted by atomic mass is 10.2. The molecule has 0 unspecified atom stereocenters. The van der Waals surface area contributed by atoms with Crippen molar-refractivity contribution in [2.24, 2.45) is 0 Å². The molecule has 2 aromatic carbocycles. The van der Waals surface area contributed by atoms with Gasteiger partial charge < -0.3 is 15.2 Å². The molecule has 34 heavy (non-hydrogen) atoms. The van der Waals surface area contributed by atoms with Crippen LogP contribution in [0.3, 0.4) is 0 Å². The monoisotopic (exact) mass is 458 g/mol. The Kier molecular flexibility index (Phi) is 6.72. The van der Waals surface area contributed by atoms with Crippen LogP contribution in [0.15, 0.2) is 81.0 Å². The molecule has 0 aliphatic carbocycles. The Balaban J connectivity index is 1.73. The maximum Gasteiger partial charge on any atom is 0.352 e. The number of hydrogen-bond donors (Lipinski definition) is 2. The molecule has 2 heterocycles. The van der Waals surface area contributed by atoms with E-state index < -0.39 is 11.4 Å². The Bertz CT molecular complexity index is 1330. The predicted molar refractivity (Wildman–Crippen MR) is 130 cm³/mol. The molecule has 2 aromatic heterocycles. The van der Waals surface area contributed by atoms with Gasteiger partial charge in [0.2, 0.25) is 0 Å². The van der Waals surface area contributed by atoms with Crippen molar-refractivity contribution >= 4 is 11.9 Å². The maximum atomic E-state index is 13.4. The largest absolute Gasteiger partial charge is 0.385 e. The highest BCUT2D eigenvalue weighted by molar-refractivity contribution is 6.00. The SMILES string of the molecule is Cc1noc(C)c1CN/C=C(\C=N)n1c(=O)n(Cc2ccccc2)n(Cc2ccccc2)c1=O. The normalized spacial score (nSPS) is 11.5. The van der Waals surface area contributed by atoms with Crippen LogP contribution < -0.4 is 16.7 Å². The summed E-state index contributed by atoms with van der Waals surface area (Å²) in [6.07, 6.45) is 2.48. The van der Waals surface area contributed by atoms with E-state index in [-0.39, 0.29) is 18.8 Å². The number of benzene rings is 2. The van der Waals surface area contributed by atoms with Crippen LogP contribution in [-0.2, 0) is 19.6 Å². The van der Waals surface area contributed by atoms with Crippen molar-refractivity contribution in [1.82, 2.24) is 24.4 Å². The summed E-state index contributed by atoms with van der Waals surface area (Å²) in [7, 11) is 0. The van der Waals surface area contributed by atoms with E-state index in [0.29, 0.717) is 12.3 Å². The van der Waals surface area contributed by atoms with Crippen molar-refractivity contribution in [3.63, 3.8) is 0 Å². The van der Waals surface area contributed by atoms with Gasteiger partial charge in [0.1, 0.15) is 5.76 Å². The smallest absolute Gasteiger partial charge is 0.352 e. The highest BCUT2D eigenvalue weighted by Gasteiger charge is 2.19. The van der Waals surface area contributed by atoms with E-state index in [4.69, 9.17) is 9.93 Å². The summed E-state index contributed by atoms with van der Waals surface area (Å²) in [4.78, 5) is 26.8. The van der Waals surface area contributed by atoms with Gasteiger partial charge in [-0.3, -0.25) is 0 Å². The predicted octanol–water partition coefficient (Wildman–Crippen LogP) is 2.75. The van der Waals surface area contributed by atoms with Crippen LogP contribution in [0.5, 0.6) is 0 Å². The minimum Gasteiger partial charge on any atom is -0.385 e. The van der Waals surface area contributed by atoms with Crippen LogP contribution in [0.2, 0.25) is 0 Å². The number of rotatable bonds is 9. The molecule has 9 heteroatoms. The van der Waals surface area contributed by atoms with Gasteiger partial charge in [0.05, 0.1) is 24.5 Å². The average Bonchev–Trinajstić information content (AvgIpc) is 3.29. The van der Waals surface area contributed by atoms with E-state index in [1.807, 2.05) is 74.5 Å². The Morgan fingerprint density at radius 1 is 0.941 bits per heavy atom. The average molecular weight is 459 g/mol. The highest BCUT2D eigenvalue weighted by atomic mass is 16.5. The number of nitrogens with zero attached hydrogens (tertiary/aromatic N) is 4. The first-order chi connectivity index (χ1) is 16.5. The Morgan fingerprint density at radius 2 is 1.47 bits per heavy atom. The molecule has 4 rings (SSSR count). The molecule has 0 amide bonds. The number of aryl methyl sites for hydroxylation is 2. The summed E-state index contributed by atoms with van der Waals surface area (Å²) in [5, 5.41) is 14.9. The molecule has 0 aliphatic heterocycles. The number of allylic oxidation sites excluding steroid dienone is 1. The summed E-state index contributed by atoms with van der Waals surface area (Å²) < 4.78 is 9.01. The van der Waals surface area contributed by atoms with Gasteiger partial charge in [0.15, 0.2) is 0 Å². The first-order valence-electron chi connectivity index (χ1n) is 10.9. The van der Waals surface area contributed by atoms with Crippen molar-refractivity contribution < 1.29 is 4.52 Å². The number of nitrogens with one attached hydrogen (secondary N) is 2. The van der Waals surface area contributed by atoms with Crippen molar-refractivity contribution in [2.45, 2.75) is 33.5 Å². The van der Waals surface area contributed by atoms with Crippen molar-refractivity contribution in [3.05, 3.63) is 116 Å². The lowest BCUT2D eigenvalue weighted by Crippen LogP contribution is -2.30. The van der Waals surface area contributed by atoms with Crippen LogP contribution in [0.1, 0.15) is 28.1 Å². The number of hydrogen-bond acceptors (Lipinski definition) is 6. The summed E-state index contributed by atoms with van der Waals surface area (Å²) >= 11 is 0. The van der Waals surface area contributed by atoms with Gasteiger partial charge in [-0.1, -0.05) is 65.8 Å². The van der Waals surface area contributed by atoms with E-state index in [9.17, 15) is 9.59 Å². The zero-order valence-electron chi connectivity index (χ0n) is 19.1. The van der Waals surface area contributed by atoms with Crippen molar-refractivity contribution in [3.8, 4) is 0 Å². The zero-order valence-corrected chi connectivity index (χ0v) is 19.1. The van der Waals surface area contributed by atoms with E-state index in [1.165, 1.54) is 15.6 Å². The molecule has 0 saturated heterocycles. The molecule has 0 aliphatic rings. The van der Waals surface area contributed by atoms with Gasteiger partial charge in [-0.15, -0.1) is 0 Å². The highest BCUT2D eigenvalue weighted by Crippen LogP contribution is 2.11. The molecule has 174 valence electrons. The van der Waals surface area contributed by atoms with Gasteiger partial charge >= 0.3 is 11.4 Å². The van der Waals surface area contributed by atoms with E-state index in [0.717, 1.165) is 33.2 Å². The molecule has 0 atom stereocenters. The Hall–Kier alpha value is -4.40. The van der Waals surface area contributed by atoms with Crippen molar-refractivity contribution in [2.75, 3.05) is 0 Å². The van der Waals surface area contributed by atoms with E-state index in [2.05, 4.69) is 10.5 Å². The fraction of sp³-hybridized carbons (Fsp3) is 0.200. The third-order valence-electron chi connectivity index (χ3n) is 5.58. The van der Waals surface area contributed by atoms with Crippen LogP contribution in [0, 0.1) is 19.3 Å². The lowest BCUT2D eigenvalue weighted by Gasteiger charge is -2.09. The van der Waals surface area contributed by atoms with E-state index in [1.54, 1.807) is 0 Å². The minimum atomic E-state index is -0.515. The second-order valence-electron chi connectivity index (χ2n) is 7.88. The standard InChI is InChI=1S/C25H26N6O3/c1-18-23(19(2)34-28-18)15-27-14-22(13-26)31-24(32)29(16-20-9-5-3-6-10-20)30(25(31)33)17-21-11-7-4-8-12-21/h3-14,26-27H,15-17H2,1-2H3/b22-14+,26-13?. The summed E-state index contributed by atoms with van der Waals surface area (Å²) in [6, 6.07) is 19.0. The van der Waals surface area contributed by atoms with Gasteiger partial charge in [-0.25, -0.2) is 23.5 Å². The Labute approximate surface area is 196 Å². The molecule has 0 radical (unpaired) electrons. The summed E-state index contributed by atoms with van der Waals surface area (Å²) in [5.74, 6) is 0.686. The third kappa shape index (κ3) is 4.68. The second-order valence-corrected chi connectivity index (χ2v) is 7.88. The molecule has 2 N–H and O–H groups in total. The van der Waals surface area contributed by atoms with Crippen molar-refractivity contribution in [1.29, 1.82) is 5.41 Å². The van der Waals surface area contributed by atoms with Gasteiger partial charge in [-0.05, 0) is 25.0 Å². The molecule has 0 saturated carbocycles.